The van der Waals surface area contributed by atoms with Gasteiger partial charge in [-0.3, -0.25) is 0 Å². The standard InChI is InChI=1S/C17H20BrClN2/c1-10-6-12-15(20)8-17(2,3)9-16(12)21(10)11-4-5-13(18)14(19)7-11/h4-7,15H,8-9,20H2,1-3H3. The number of hydrogen-bond donors (Lipinski definition) is 1. The SMILES string of the molecule is Cc1cc2c(n1-c1ccc(Br)c(Cl)c1)CC(C)(C)CC2N. The summed E-state index contributed by atoms with van der Waals surface area (Å²) in [6.07, 6.45) is 2.07. The van der Waals surface area contributed by atoms with E-state index in [0.717, 1.165) is 28.0 Å². The average Bonchev–Trinajstić information content (AvgIpc) is 2.68. The smallest absolute Gasteiger partial charge is 0.0568 e. The normalized spacial score (nSPS) is 20.4. The highest BCUT2D eigenvalue weighted by Gasteiger charge is 2.33. The summed E-state index contributed by atoms with van der Waals surface area (Å²) >= 11 is 9.72. The van der Waals surface area contributed by atoms with Crippen molar-refractivity contribution in [2.24, 2.45) is 11.1 Å². The van der Waals surface area contributed by atoms with Crippen LogP contribution in [0.4, 0.5) is 0 Å². The topological polar surface area (TPSA) is 30.9 Å². The summed E-state index contributed by atoms with van der Waals surface area (Å²) in [5, 5.41) is 0.730. The van der Waals surface area contributed by atoms with Crippen LogP contribution in [0.3, 0.4) is 0 Å². The number of rotatable bonds is 1. The summed E-state index contributed by atoms with van der Waals surface area (Å²) < 4.78 is 3.22. The summed E-state index contributed by atoms with van der Waals surface area (Å²) in [4.78, 5) is 0. The molecule has 0 fully saturated rings. The molecule has 0 amide bonds. The Balaban J connectivity index is 2.18. The predicted molar refractivity (Wildman–Crippen MR) is 92.2 cm³/mol. The molecular formula is C17H20BrClN2. The van der Waals surface area contributed by atoms with Gasteiger partial charge in [0.2, 0.25) is 0 Å². The molecule has 0 spiro atoms. The number of fused-ring (bicyclic) bond motifs is 1. The molecule has 0 saturated heterocycles. The second kappa shape index (κ2) is 5.15. The maximum absolute atomic E-state index is 6.39. The Kier molecular flexibility index (Phi) is 3.71. The first-order valence-corrected chi connectivity index (χ1v) is 8.38. The Morgan fingerprint density at radius 2 is 2.05 bits per heavy atom. The number of benzene rings is 1. The van der Waals surface area contributed by atoms with Gasteiger partial charge in [0, 0.05) is 27.6 Å². The van der Waals surface area contributed by atoms with E-state index in [-0.39, 0.29) is 11.5 Å². The van der Waals surface area contributed by atoms with Gasteiger partial charge in [0.05, 0.1) is 5.02 Å². The highest BCUT2D eigenvalue weighted by atomic mass is 79.9. The molecule has 0 aliphatic heterocycles. The molecular weight excluding hydrogens is 348 g/mol. The van der Waals surface area contributed by atoms with Gasteiger partial charge in [0.15, 0.2) is 0 Å². The van der Waals surface area contributed by atoms with Gasteiger partial charge in [0.25, 0.3) is 0 Å². The van der Waals surface area contributed by atoms with Crippen molar-refractivity contribution < 1.29 is 0 Å². The van der Waals surface area contributed by atoms with E-state index >= 15 is 0 Å². The largest absolute Gasteiger partial charge is 0.324 e. The first-order chi connectivity index (χ1) is 9.78. The van der Waals surface area contributed by atoms with Crippen molar-refractivity contribution in [3.63, 3.8) is 0 Å². The van der Waals surface area contributed by atoms with Crippen LogP contribution in [0.2, 0.25) is 5.02 Å². The second-order valence-corrected chi connectivity index (χ2v) is 8.03. The van der Waals surface area contributed by atoms with Crippen LogP contribution in [-0.4, -0.2) is 4.57 Å². The molecule has 1 aromatic carbocycles. The fraction of sp³-hybridized carbons (Fsp3) is 0.412. The molecule has 21 heavy (non-hydrogen) atoms. The van der Waals surface area contributed by atoms with Gasteiger partial charge in [-0.25, -0.2) is 0 Å². The zero-order chi connectivity index (χ0) is 15.4. The monoisotopic (exact) mass is 366 g/mol. The molecule has 1 aliphatic rings. The summed E-state index contributed by atoms with van der Waals surface area (Å²) in [6.45, 7) is 6.71. The third-order valence-corrected chi connectivity index (χ3v) is 5.53. The minimum atomic E-state index is 0.120. The number of halogens is 2. The molecule has 112 valence electrons. The van der Waals surface area contributed by atoms with Gasteiger partial charge in [0.1, 0.15) is 0 Å². The van der Waals surface area contributed by atoms with Crippen molar-refractivity contribution in [3.05, 3.63) is 50.7 Å². The molecule has 2 N–H and O–H groups in total. The predicted octanol–water partition coefficient (Wildman–Crippen LogP) is 5.17. The zero-order valence-electron chi connectivity index (χ0n) is 12.6. The lowest BCUT2D eigenvalue weighted by atomic mass is 9.74. The van der Waals surface area contributed by atoms with Crippen LogP contribution in [0.25, 0.3) is 5.69 Å². The summed E-state index contributed by atoms with van der Waals surface area (Å²) in [6, 6.07) is 8.44. The molecule has 0 saturated carbocycles. The molecule has 2 nitrogen and oxygen atoms in total. The number of hydrogen-bond acceptors (Lipinski definition) is 1. The van der Waals surface area contributed by atoms with Crippen molar-refractivity contribution in [2.75, 3.05) is 0 Å². The average molecular weight is 368 g/mol. The van der Waals surface area contributed by atoms with Gasteiger partial charge in [-0.05, 0) is 70.9 Å². The van der Waals surface area contributed by atoms with Gasteiger partial charge in [-0.15, -0.1) is 0 Å². The molecule has 3 rings (SSSR count). The van der Waals surface area contributed by atoms with Crippen LogP contribution < -0.4 is 5.73 Å². The van der Waals surface area contributed by atoms with E-state index in [1.54, 1.807) is 0 Å². The second-order valence-electron chi connectivity index (χ2n) is 6.77. The summed E-state index contributed by atoms with van der Waals surface area (Å²) in [7, 11) is 0. The van der Waals surface area contributed by atoms with Crippen molar-refractivity contribution in [1.29, 1.82) is 0 Å². The maximum atomic E-state index is 6.39. The van der Waals surface area contributed by atoms with Crippen LogP contribution in [0.1, 0.15) is 43.3 Å². The molecule has 0 radical (unpaired) electrons. The number of aromatic nitrogens is 1. The van der Waals surface area contributed by atoms with Crippen LogP contribution in [0, 0.1) is 12.3 Å². The van der Waals surface area contributed by atoms with E-state index in [9.17, 15) is 0 Å². The lowest BCUT2D eigenvalue weighted by molar-refractivity contribution is 0.278. The van der Waals surface area contributed by atoms with E-state index in [1.165, 1.54) is 17.0 Å². The fourth-order valence-electron chi connectivity index (χ4n) is 3.43. The van der Waals surface area contributed by atoms with Crippen LogP contribution >= 0.6 is 27.5 Å². The van der Waals surface area contributed by atoms with Crippen molar-refractivity contribution in [1.82, 2.24) is 4.57 Å². The fourth-order valence-corrected chi connectivity index (χ4v) is 3.85. The molecule has 2 aromatic rings. The highest BCUT2D eigenvalue weighted by Crippen LogP contribution is 2.42. The van der Waals surface area contributed by atoms with Crippen LogP contribution in [0.5, 0.6) is 0 Å². The molecule has 4 heteroatoms. The lowest BCUT2D eigenvalue weighted by Crippen LogP contribution is -2.30. The number of nitrogens with zero attached hydrogens (tertiary/aromatic N) is 1. The Morgan fingerprint density at radius 1 is 1.33 bits per heavy atom. The lowest BCUT2D eigenvalue weighted by Gasteiger charge is -2.34. The Bertz CT molecular complexity index is 703. The quantitative estimate of drug-likeness (QED) is 0.740. The van der Waals surface area contributed by atoms with Crippen LogP contribution in [-0.2, 0) is 6.42 Å². The van der Waals surface area contributed by atoms with Crippen molar-refractivity contribution in [2.45, 2.75) is 39.7 Å². The molecule has 1 atom stereocenters. The van der Waals surface area contributed by atoms with E-state index in [0.29, 0.717) is 0 Å². The molecule has 1 aromatic heterocycles. The number of nitrogens with two attached hydrogens (primary N) is 1. The van der Waals surface area contributed by atoms with E-state index in [1.807, 2.05) is 12.1 Å². The van der Waals surface area contributed by atoms with Gasteiger partial charge in [-0.2, -0.15) is 0 Å². The van der Waals surface area contributed by atoms with Gasteiger partial charge < -0.3 is 10.3 Å². The van der Waals surface area contributed by atoms with Crippen molar-refractivity contribution >= 4 is 27.5 Å². The highest BCUT2D eigenvalue weighted by molar-refractivity contribution is 9.10. The first-order valence-electron chi connectivity index (χ1n) is 7.21. The Hall–Kier alpha value is -0.770. The molecule has 0 bridgehead atoms. The van der Waals surface area contributed by atoms with Gasteiger partial charge in [-0.1, -0.05) is 25.4 Å². The van der Waals surface area contributed by atoms with Crippen molar-refractivity contribution in [3.8, 4) is 5.69 Å². The third-order valence-electron chi connectivity index (χ3n) is 4.30. The zero-order valence-corrected chi connectivity index (χ0v) is 14.9. The summed E-state index contributed by atoms with van der Waals surface area (Å²) in [5.74, 6) is 0. The third kappa shape index (κ3) is 2.67. The first kappa shape index (κ1) is 15.1. The minimum absolute atomic E-state index is 0.120. The maximum Gasteiger partial charge on any atom is 0.0568 e. The molecule has 1 heterocycles. The Labute approximate surface area is 139 Å². The van der Waals surface area contributed by atoms with E-state index in [2.05, 4.69) is 53.4 Å². The van der Waals surface area contributed by atoms with E-state index in [4.69, 9.17) is 17.3 Å². The number of aryl methyl sites for hydroxylation is 1. The van der Waals surface area contributed by atoms with E-state index < -0.39 is 0 Å². The molecule has 1 aliphatic carbocycles. The summed E-state index contributed by atoms with van der Waals surface area (Å²) in [5.41, 5.74) is 11.5. The molecule has 1 unspecified atom stereocenters. The van der Waals surface area contributed by atoms with Crippen LogP contribution in [0.15, 0.2) is 28.7 Å². The minimum Gasteiger partial charge on any atom is -0.324 e. The van der Waals surface area contributed by atoms with Gasteiger partial charge >= 0.3 is 0 Å². The Morgan fingerprint density at radius 3 is 2.71 bits per heavy atom.